The van der Waals surface area contributed by atoms with Crippen LogP contribution in [0.15, 0.2) is 27.8 Å². The fraction of sp³-hybridized carbons (Fsp3) is 0.333. The van der Waals surface area contributed by atoms with Gasteiger partial charge in [-0.2, -0.15) is 0 Å². The number of thioether (sulfide) groups is 1. The number of hydrogen-bond donors (Lipinski definition) is 0. The van der Waals surface area contributed by atoms with Gasteiger partial charge in [0.05, 0.1) is 5.25 Å². The summed E-state index contributed by atoms with van der Waals surface area (Å²) in [7, 11) is 1.81. The number of hydrogen-bond acceptors (Lipinski definition) is 4. The van der Waals surface area contributed by atoms with E-state index >= 15 is 0 Å². The first-order valence-electron chi connectivity index (χ1n) is 5.61. The van der Waals surface area contributed by atoms with Gasteiger partial charge in [0.1, 0.15) is 5.52 Å². The van der Waals surface area contributed by atoms with E-state index in [0.29, 0.717) is 15.8 Å². The van der Waals surface area contributed by atoms with Crippen molar-refractivity contribution in [2.24, 2.45) is 0 Å². The molecule has 0 aliphatic carbocycles. The molecule has 1 fully saturated rings. The first-order valence-corrected chi connectivity index (χ1v) is 6.87. The van der Waals surface area contributed by atoms with E-state index in [1.165, 1.54) is 11.8 Å². The highest BCUT2D eigenvalue weighted by Gasteiger charge is 2.31. The monoisotopic (exact) mass is 282 g/mol. The molecule has 1 aliphatic rings. The molecule has 1 atom stereocenters. The second-order valence-corrected chi connectivity index (χ2v) is 5.84. The van der Waals surface area contributed by atoms with Crippen LogP contribution >= 0.6 is 23.4 Å². The third kappa shape index (κ3) is 2.08. The van der Waals surface area contributed by atoms with Crippen LogP contribution in [0.1, 0.15) is 6.42 Å². The van der Waals surface area contributed by atoms with Gasteiger partial charge in [-0.1, -0.05) is 23.4 Å². The predicted molar refractivity (Wildman–Crippen MR) is 70.9 cm³/mol. The summed E-state index contributed by atoms with van der Waals surface area (Å²) in [4.78, 5) is 17.9. The summed E-state index contributed by atoms with van der Waals surface area (Å²) in [6.07, 6.45) is 0.833. The van der Waals surface area contributed by atoms with E-state index in [0.717, 1.165) is 18.5 Å². The molecule has 0 saturated carbocycles. The zero-order valence-electron chi connectivity index (χ0n) is 9.72. The molecule has 94 valence electrons. The highest BCUT2D eigenvalue weighted by molar-refractivity contribution is 8.00. The molecule has 0 radical (unpaired) electrons. The van der Waals surface area contributed by atoms with Gasteiger partial charge in [-0.05, 0) is 24.6 Å². The molecule has 0 spiro atoms. The van der Waals surface area contributed by atoms with E-state index in [1.807, 2.05) is 7.05 Å². The quantitative estimate of drug-likeness (QED) is 0.850. The second kappa shape index (κ2) is 4.48. The SMILES string of the molecule is CN1CCC(Sc2nc3cc(Cl)ccc3o2)C1=O. The summed E-state index contributed by atoms with van der Waals surface area (Å²) in [6, 6.07) is 5.31. The van der Waals surface area contributed by atoms with Crippen LogP contribution in [0.25, 0.3) is 11.1 Å². The Balaban J connectivity index is 1.85. The summed E-state index contributed by atoms with van der Waals surface area (Å²) in [6.45, 7) is 0.794. The van der Waals surface area contributed by atoms with Crippen molar-refractivity contribution in [2.75, 3.05) is 13.6 Å². The Labute approximate surface area is 113 Å². The third-order valence-electron chi connectivity index (χ3n) is 2.95. The van der Waals surface area contributed by atoms with Gasteiger partial charge in [-0.15, -0.1) is 0 Å². The minimum Gasteiger partial charge on any atom is -0.431 e. The molecule has 1 aromatic carbocycles. The maximum atomic E-state index is 11.8. The van der Waals surface area contributed by atoms with Crippen LogP contribution in [0, 0.1) is 0 Å². The molecular weight excluding hydrogens is 272 g/mol. The van der Waals surface area contributed by atoms with Crippen molar-refractivity contribution in [2.45, 2.75) is 16.9 Å². The lowest BCUT2D eigenvalue weighted by molar-refractivity contribution is -0.126. The second-order valence-electron chi connectivity index (χ2n) is 4.25. The van der Waals surface area contributed by atoms with E-state index in [-0.39, 0.29) is 11.2 Å². The number of likely N-dealkylation sites (tertiary alicyclic amines) is 1. The number of halogens is 1. The Kier molecular flexibility index (Phi) is 2.95. The predicted octanol–water partition coefficient (Wildman–Crippen LogP) is 2.80. The Bertz CT molecular complexity index is 613. The van der Waals surface area contributed by atoms with E-state index in [1.54, 1.807) is 23.1 Å². The fourth-order valence-electron chi connectivity index (χ4n) is 1.95. The third-order valence-corrected chi connectivity index (χ3v) is 4.28. The molecule has 1 amide bonds. The van der Waals surface area contributed by atoms with Crippen molar-refractivity contribution < 1.29 is 9.21 Å². The molecule has 1 saturated heterocycles. The molecule has 0 N–H and O–H groups in total. The number of nitrogens with zero attached hydrogens (tertiary/aromatic N) is 2. The standard InChI is InChI=1S/C12H11ClN2O2S/c1-15-5-4-10(11(15)16)18-12-14-8-6-7(13)2-3-9(8)17-12/h2-3,6,10H,4-5H2,1H3. The van der Waals surface area contributed by atoms with E-state index in [4.69, 9.17) is 16.0 Å². The molecule has 1 aliphatic heterocycles. The normalized spacial score (nSPS) is 20.0. The Morgan fingerprint density at radius 1 is 1.56 bits per heavy atom. The zero-order valence-corrected chi connectivity index (χ0v) is 11.3. The zero-order chi connectivity index (χ0) is 12.7. The minimum atomic E-state index is -0.0847. The summed E-state index contributed by atoms with van der Waals surface area (Å²) < 4.78 is 5.59. The summed E-state index contributed by atoms with van der Waals surface area (Å²) >= 11 is 7.27. The van der Waals surface area contributed by atoms with Gasteiger partial charge in [0.15, 0.2) is 5.58 Å². The molecule has 6 heteroatoms. The van der Waals surface area contributed by atoms with Crippen LogP contribution in [-0.4, -0.2) is 34.6 Å². The van der Waals surface area contributed by atoms with Crippen molar-refractivity contribution in [1.29, 1.82) is 0 Å². The Morgan fingerprint density at radius 2 is 2.39 bits per heavy atom. The number of carbonyl (C=O) groups excluding carboxylic acids is 1. The molecule has 18 heavy (non-hydrogen) atoms. The average molecular weight is 283 g/mol. The number of aromatic nitrogens is 1. The first-order chi connectivity index (χ1) is 8.63. The molecule has 1 aromatic heterocycles. The van der Waals surface area contributed by atoms with Crippen LogP contribution in [0.5, 0.6) is 0 Å². The number of benzene rings is 1. The van der Waals surface area contributed by atoms with Gasteiger partial charge in [-0.3, -0.25) is 4.79 Å². The fourth-order valence-corrected chi connectivity index (χ4v) is 3.15. The summed E-state index contributed by atoms with van der Waals surface area (Å²) in [5, 5.41) is 1.07. The Morgan fingerprint density at radius 3 is 3.11 bits per heavy atom. The highest BCUT2D eigenvalue weighted by Crippen LogP contribution is 2.32. The van der Waals surface area contributed by atoms with Crippen LogP contribution in [-0.2, 0) is 4.79 Å². The topological polar surface area (TPSA) is 46.3 Å². The lowest BCUT2D eigenvalue weighted by atomic mass is 10.3. The maximum absolute atomic E-state index is 11.8. The van der Waals surface area contributed by atoms with Crippen molar-refractivity contribution >= 4 is 40.4 Å². The van der Waals surface area contributed by atoms with Gasteiger partial charge >= 0.3 is 0 Å². The summed E-state index contributed by atoms with van der Waals surface area (Å²) in [5.74, 6) is 0.139. The lowest BCUT2D eigenvalue weighted by Crippen LogP contribution is -2.23. The first kappa shape index (κ1) is 11.9. The highest BCUT2D eigenvalue weighted by atomic mass is 35.5. The number of fused-ring (bicyclic) bond motifs is 1. The van der Waals surface area contributed by atoms with Crippen LogP contribution in [0.4, 0.5) is 0 Å². The average Bonchev–Trinajstić information content (AvgIpc) is 2.86. The Hall–Kier alpha value is -1.20. The smallest absolute Gasteiger partial charge is 0.257 e. The van der Waals surface area contributed by atoms with Gasteiger partial charge in [-0.25, -0.2) is 4.98 Å². The molecule has 0 bridgehead atoms. The number of amides is 1. The van der Waals surface area contributed by atoms with Gasteiger partial charge in [0.2, 0.25) is 5.91 Å². The van der Waals surface area contributed by atoms with Crippen molar-refractivity contribution in [3.05, 3.63) is 23.2 Å². The lowest BCUT2D eigenvalue weighted by Gasteiger charge is -2.07. The van der Waals surface area contributed by atoms with Crippen LogP contribution < -0.4 is 0 Å². The minimum absolute atomic E-state index is 0.0847. The summed E-state index contributed by atoms with van der Waals surface area (Å²) in [5.41, 5.74) is 1.42. The van der Waals surface area contributed by atoms with Gasteiger partial charge < -0.3 is 9.32 Å². The molecule has 3 rings (SSSR count). The van der Waals surface area contributed by atoms with E-state index in [2.05, 4.69) is 4.98 Å². The number of rotatable bonds is 2. The van der Waals surface area contributed by atoms with Crippen molar-refractivity contribution in [3.63, 3.8) is 0 Å². The van der Waals surface area contributed by atoms with Crippen molar-refractivity contribution in [3.8, 4) is 0 Å². The molecule has 2 heterocycles. The molecule has 2 aromatic rings. The van der Waals surface area contributed by atoms with E-state index < -0.39 is 0 Å². The number of carbonyl (C=O) groups is 1. The maximum Gasteiger partial charge on any atom is 0.257 e. The van der Waals surface area contributed by atoms with E-state index in [9.17, 15) is 4.79 Å². The molecule has 4 nitrogen and oxygen atoms in total. The molecular formula is C12H11ClN2O2S. The van der Waals surface area contributed by atoms with Crippen LogP contribution in [0.3, 0.4) is 0 Å². The van der Waals surface area contributed by atoms with Crippen molar-refractivity contribution in [1.82, 2.24) is 9.88 Å². The number of oxazole rings is 1. The van der Waals surface area contributed by atoms with Gasteiger partial charge in [0, 0.05) is 18.6 Å². The largest absolute Gasteiger partial charge is 0.431 e. The molecule has 1 unspecified atom stereocenters. The van der Waals surface area contributed by atoms with Crippen LogP contribution in [0.2, 0.25) is 5.02 Å². The van der Waals surface area contributed by atoms with Gasteiger partial charge in [0.25, 0.3) is 5.22 Å².